The summed E-state index contributed by atoms with van der Waals surface area (Å²) in [5.41, 5.74) is 7.97. The summed E-state index contributed by atoms with van der Waals surface area (Å²) in [4.78, 5) is 13.1. The number of urea groups is 1. The minimum atomic E-state index is -0.685. The summed E-state index contributed by atoms with van der Waals surface area (Å²) in [6.45, 7) is 6.45. The van der Waals surface area contributed by atoms with Crippen LogP contribution in [0.5, 0.6) is 5.75 Å². The van der Waals surface area contributed by atoms with E-state index in [9.17, 15) is 4.79 Å². The molecule has 3 N–H and O–H groups in total. The van der Waals surface area contributed by atoms with Gasteiger partial charge < -0.3 is 15.4 Å². The zero-order valence-electron chi connectivity index (χ0n) is 13.7. The minimum absolute atomic E-state index is 0.666. The molecule has 0 radical (unpaired) electrons. The fourth-order valence-electron chi connectivity index (χ4n) is 2.84. The molecule has 1 fully saturated rings. The van der Waals surface area contributed by atoms with E-state index in [2.05, 4.69) is 22.4 Å². The summed E-state index contributed by atoms with van der Waals surface area (Å²) in [5.74, 6) is 1.56. The summed E-state index contributed by atoms with van der Waals surface area (Å²) in [7, 11) is 0. The van der Waals surface area contributed by atoms with Crippen LogP contribution in [0.4, 0.5) is 4.79 Å². The molecule has 0 aromatic heterocycles. The van der Waals surface area contributed by atoms with Crippen molar-refractivity contribution in [1.29, 1.82) is 0 Å². The molecule has 1 unspecified atom stereocenters. The number of ether oxygens (including phenoxy) is 1. The molecule has 0 spiro atoms. The van der Waals surface area contributed by atoms with E-state index in [0.29, 0.717) is 6.61 Å². The number of primary amides is 1. The standard InChI is InChI=1S/C17H26N4O2/c1-14-6-4-9-21(13-14)10-5-11-23-16-8-3-2-7-15(16)12-19-20-17(18)22/h2-3,7-8,12,14H,4-6,9-11,13H2,1H3,(H3,18,20,22). The molecule has 1 aromatic carbocycles. The number of likely N-dealkylation sites (tertiary alicyclic amines) is 1. The van der Waals surface area contributed by atoms with Gasteiger partial charge in [0, 0.05) is 18.7 Å². The van der Waals surface area contributed by atoms with Crippen molar-refractivity contribution in [3.05, 3.63) is 29.8 Å². The monoisotopic (exact) mass is 318 g/mol. The molecular formula is C17H26N4O2. The lowest BCUT2D eigenvalue weighted by molar-refractivity contribution is 0.170. The number of hydrazone groups is 1. The number of rotatable bonds is 7. The van der Waals surface area contributed by atoms with E-state index in [1.165, 1.54) is 32.1 Å². The minimum Gasteiger partial charge on any atom is -0.493 e. The van der Waals surface area contributed by atoms with E-state index in [-0.39, 0.29) is 0 Å². The van der Waals surface area contributed by atoms with Crippen molar-refractivity contribution in [2.45, 2.75) is 26.2 Å². The van der Waals surface area contributed by atoms with Crippen LogP contribution in [-0.2, 0) is 0 Å². The smallest absolute Gasteiger partial charge is 0.332 e. The quantitative estimate of drug-likeness (QED) is 0.459. The van der Waals surface area contributed by atoms with Crippen LogP contribution in [0.1, 0.15) is 31.7 Å². The highest BCUT2D eigenvalue weighted by molar-refractivity contribution is 5.84. The van der Waals surface area contributed by atoms with Gasteiger partial charge in [0.2, 0.25) is 0 Å². The van der Waals surface area contributed by atoms with Crippen LogP contribution in [0.25, 0.3) is 0 Å². The normalized spacial score (nSPS) is 18.9. The molecule has 6 heteroatoms. The second-order valence-corrected chi connectivity index (χ2v) is 6.02. The summed E-state index contributed by atoms with van der Waals surface area (Å²) in [5, 5.41) is 3.77. The van der Waals surface area contributed by atoms with Gasteiger partial charge in [-0.15, -0.1) is 0 Å². The molecule has 1 heterocycles. The highest BCUT2D eigenvalue weighted by Crippen LogP contribution is 2.17. The van der Waals surface area contributed by atoms with Gasteiger partial charge in [0.1, 0.15) is 5.75 Å². The lowest BCUT2D eigenvalue weighted by Gasteiger charge is -2.30. The Morgan fingerprint density at radius 2 is 2.35 bits per heavy atom. The maximum Gasteiger partial charge on any atom is 0.332 e. The third-order valence-corrected chi connectivity index (χ3v) is 3.91. The third kappa shape index (κ3) is 6.28. The molecule has 2 amide bonds. The number of carbonyl (C=O) groups excluding carboxylic acids is 1. The molecule has 23 heavy (non-hydrogen) atoms. The van der Waals surface area contributed by atoms with Gasteiger partial charge in [0.25, 0.3) is 0 Å². The number of nitrogens with zero attached hydrogens (tertiary/aromatic N) is 2. The lowest BCUT2D eigenvalue weighted by atomic mass is 10.0. The number of hydrogen-bond acceptors (Lipinski definition) is 4. The molecule has 0 saturated carbocycles. The Bertz CT molecular complexity index is 533. The van der Waals surface area contributed by atoms with Crippen LogP contribution < -0.4 is 15.9 Å². The summed E-state index contributed by atoms with van der Waals surface area (Å²) >= 11 is 0. The molecule has 0 aliphatic carbocycles. The zero-order chi connectivity index (χ0) is 16.5. The number of piperidine rings is 1. The Morgan fingerprint density at radius 3 is 3.13 bits per heavy atom. The van der Waals surface area contributed by atoms with Gasteiger partial charge in [-0.1, -0.05) is 19.1 Å². The first kappa shape index (κ1) is 17.3. The summed E-state index contributed by atoms with van der Waals surface area (Å²) in [6, 6.07) is 6.91. The second-order valence-electron chi connectivity index (χ2n) is 6.02. The predicted octanol–water partition coefficient (Wildman–Crippen LogP) is 2.19. The first-order valence-electron chi connectivity index (χ1n) is 8.18. The van der Waals surface area contributed by atoms with Crippen LogP contribution in [0.2, 0.25) is 0 Å². The largest absolute Gasteiger partial charge is 0.493 e. The molecule has 1 aliphatic rings. The Hall–Kier alpha value is -2.08. The van der Waals surface area contributed by atoms with E-state index in [1.807, 2.05) is 24.3 Å². The second kappa shape index (κ2) is 9.15. The van der Waals surface area contributed by atoms with Crippen LogP contribution in [-0.4, -0.2) is 43.4 Å². The zero-order valence-corrected chi connectivity index (χ0v) is 13.7. The van der Waals surface area contributed by atoms with Gasteiger partial charge in [-0.2, -0.15) is 5.10 Å². The van der Waals surface area contributed by atoms with Gasteiger partial charge in [-0.25, -0.2) is 10.2 Å². The Balaban J connectivity index is 1.76. The molecule has 1 aliphatic heterocycles. The van der Waals surface area contributed by atoms with E-state index in [0.717, 1.165) is 30.2 Å². The maximum atomic E-state index is 10.6. The highest BCUT2D eigenvalue weighted by Gasteiger charge is 2.15. The molecular weight excluding hydrogens is 292 g/mol. The lowest BCUT2D eigenvalue weighted by Crippen LogP contribution is -2.35. The number of nitrogens with one attached hydrogen (secondary N) is 1. The average Bonchev–Trinajstić information content (AvgIpc) is 2.52. The Morgan fingerprint density at radius 1 is 1.52 bits per heavy atom. The first-order valence-corrected chi connectivity index (χ1v) is 8.18. The Labute approximate surface area is 137 Å². The van der Waals surface area contributed by atoms with E-state index >= 15 is 0 Å². The van der Waals surface area contributed by atoms with Crippen LogP contribution in [0.3, 0.4) is 0 Å². The number of para-hydroxylation sites is 1. The van der Waals surface area contributed by atoms with Crippen molar-refractivity contribution in [3.8, 4) is 5.75 Å². The van der Waals surface area contributed by atoms with Crippen LogP contribution >= 0.6 is 0 Å². The molecule has 1 atom stereocenters. The van der Waals surface area contributed by atoms with Crippen molar-refractivity contribution < 1.29 is 9.53 Å². The number of hydrogen-bond donors (Lipinski definition) is 2. The first-order chi connectivity index (χ1) is 11.1. The average molecular weight is 318 g/mol. The van der Waals surface area contributed by atoms with Crippen molar-refractivity contribution in [3.63, 3.8) is 0 Å². The summed E-state index contributed by atoms with van der Waals surface area (Å²) in [6.07, 6.45) is 5.18. The predicted molar refractivity (Wildman–Crippen MR) is 91.7 cm³/mol. The van der Waals surface area contributed by atoms with E-state index in [1.54, 1.807) is 0 Å². The van der Waals surface area contributed by atoms with Crippen molar-refractivity contribution in [1.82, 2.24) is 10.3 Å². The SMILES string of the molecule is CC1CCCN(CCCOc2ccccc2C=NNC(N)=O)C1. The Kier molecular flexibility index (Phi) is 6.87. The van der Waals surface area contributed by atoms with Crippen molar-refractivity contribution in [2.75, 3.05) is 26.2 Å². The topological polar surface area (TPSA) is 79.9 Å². The molecule has 126 valence electrons. The van der Waals surface area contributed by atoms with E-state index in [4.69, 9.17) is 10.5 Å². The van der Waals surface area contributed by atoms with Gasteiger partial charge in [0.05, 0.1) is 12.8 Å². The van der Waals surface area contributed by atoms with Gasteiger partial charge >= 0.3 is 6.03 Å². The highest BCUT2D eigenvalue weighted by atomic mass is 16.5. The van der Waals surface area contributed by atoms with Crippen LogP contribution in [0.15, 0.2) is 29.4 Å². The number of carbonyl (C=O) groups is 1. The summed E-state index contributed by atoms with van der Waals surface area (Å²) < 4.78 is 5.85. The van der Waals surface area contributed by atoms with Gasteiger partial charge in [-0.3, -0.25) is 0 Å². The molecule has 2 rings (SSSR count). The number of benzene rings is 1. The van der Waals surface area contributed by atoms with E-state index < -0.39 is 6.03 Å². The molecule has 0 bridgehead atoms. The molecule has 6 nitrogen and oxygen atoms in total. The number of nitrogens with two attached hydrogens (primary N) is 1. The fraction of sp³-hybridized carbons (Fsp3) is 0.529. The van der Waals surface area contributed by atoms with Crippen molar-refractivity contribution in [2.24, 2.45) is 16.8 Å². The third-order valence-electron chi connectivity index (χ3n) is 3.91. The maximum absolute atomic E-state index is 10.6. The molecule has 1 aromatic rings. The fourth-order valence-corrected chi connectivity index (χ4v) is 2.84. The van der Waals surface area contributed by atoms with Crippen LogP contribution in [0, 0.1) is 5.92 Å². The van der Waals surface area contributed by atoms with Gasteiger partial charge in [-0.05, 0) is 43.9 Å². The molecule has 1 saturated heterocycles. The van der Waals surface area contributed by atoms with Crippen molar-refractivity contribution >= 4 is 12.2 Å². The number of amides is 2. The van der Waals surface area contributed by atoms with Gasteiger partial charge in [0.15, 0.2) is 0 Å².